The topological polar surface area (TPSA) is 97.1 Å². The van der Waals surface area contributed by atoms with Gasteiger partial charge < -0.3 is 15.1 Å². The number of amides is 2. The van der Waals surface area contributed by atoms with Gasteiger partial charge in [-0.1, -0.05) is 16.6 Å². The van der Waals surface area contributed by atoms with Crippen molar-refractivity contribution in [3.8, 4) is 11.3 Å². The molecule has 0 aliphatic carbocycles. The maximum absolute atomic E-state index is 12.2. The lowest BCUT2D eigenvalue weighted by molar-refractivity contribution is -0.117. The van der Waals surface area contributed by atoms with Gasteiger partial charge in [0.05, 0.1) is 6.26 Å². The molecule has 1 unspecified atom stereocenters. The number of hydrogen-bond donors (Lipinski definition) is 2. The first-order valence-electron chi connectivity index (χ1n) is 7.16. The zero-order valence-electron chi connectivity index (χ0n) is 12.7. The molecule has 0 aliphatic rings. The van der Waals surface area contributed by atoms with Crippen LogP contribution in [0.4, 0.5) is 5.69 Å². The SMILES string of the molecule is CC(NC(=O)c1ccco1)C(=O)Nc1ccc(-c2csnn2)cc1. The molecule has 1 aromatic carbocycles. The van der Waals surface area contributed by atoms with E-state index in [1.807, 2.05) is 17.5 Å². The average molecular weight is 342 g/mol. The minimum absolute atomic E-state index is 0.163. The fourth-order valence-electron chi connectivity index (χ4n) is 2.01. The molecular formula is C16H14N4O3S. The van der Waals surface area contributed by atoms with E-state index in [1.165, 1.54) is 23.9 Å². The summed E-state index contributed by atoms with van der Waals surface area (Å²) in [5, 5.41) is 11.2. The highest BCUT2D eigenvalue weighted by Gasteiger charge is 2.18. The predicted octanol–water partition coefficient (Wildman–Crippen LogP) is 2.56. The van der Waals surface area contributed by atoms with E-state index in [0.717, 1.165) is 11.3 Å². The molecule has 0 spiro atoms. The highest BCUT2D eigenvalue weighted by molar-refractivity contribution is 7.03. The molecule has 3 rings (SSSR count). The van der Waals surface area contributed by atoms with E-state index in [-0.39, 0.29) is 11.7 Å². The van der Waals surface area contributed by atoms with Gasteiger partial charge in [0.15, 0.2) is 5.76 Å². The molecule has 0 fully saturated rings. The number of nitrogens with zero attached hydrogens (tertiary/aromatic N) is 2. The summed E-state index contributed by atoms with van der Waals surface area (Å²) in [6.07, 6.45) is 1.40. The summed E-state index contributed by atoms with van der Waals surface area (Å²) in [6.45, 7) is 1.60. The van der Waals surface area contributed by atoms with E-state index < -0.39 is 11.9 Å². The van der Waals surface area contributed by atoms with E-state index in [4.69, 9.17) is 4.42 Å². The van der Waals surface area contributed by atoms with Crippen molar-refractivity contribution in [3.63, 3.8) is 0 Å². The molecule has 0 saturated carbocycles. The van der Waals surface area contributed by atoms with Gasteiger partial charge >= 0.3 is 0 Å². The van der Waals surface area contributed by atoms with Crippen LogP contribution < -0.4 is 10.6 Å². The third kappa shape index (κ3) is 3.66. The summed E-state index contributed by atoms with van der Waals surface area (Å²) in [4.78, 5) is 24.0. The first kappa shape index (κ1) is 15.9. The monoisotopic (exact) mass is 342 g/mol. The van der Waals surface area contributed by atoms with Crippen LogP contribution in [-0.2, 0) is 4.79 Å². The van der Waals surface area contributed by atoms with Crippen LogP contribution in [0.3, 0.4) is 0 Å². The molecule has 2 heterocycles. The van der Waals surface area contributed by atoms with Gasteiger partial charge in [-0.3, -0.25) is 9.59 Å². The van der Waals surface area contributed by atoms with Gasteiger partial charge in [0.1, 0.15) is 11.7 Å². The third-order valence-corrected chi connectivity index (χ3v) is 3.80. The Labute approximate surface area is 141 Å². The van der Waals surface area contributed by atoms with Crippen LogP contribution in [0.5, 0.6) is 0 Å². The predicted molar refractivity (Wildman–Crippen MR) is 89.6 cm³/mol. The van der Waals surface area contributed by atoms with Crippen molar-refractivity contribution < 1.29 is 14.0 Å². The first-order chi connectivity index (χ1) is 11.6. The molecule has 0 bridgehead atoms. The van der Waals surface area contributed by atoms with Gasteiger partial charge in [-0.25, -0.2) is 0 Å². The summed E-state index contributed by atoms with van der Waals surface area (Å²) >= 11 is 1.28. The van der Waals surface area contributed by atoms with Crippen molar-refractivity contribution in [2.45, 2.75) is 13.0 Å². The largest absolute Gasteiger partial charge is 0.459 e. The number of aromatic nitrogens is 2. The quantitative estimate of drug-likeness (QED) is 0.743. The van der Waals surface area contributed by atoms with Crippen LogP contribution in [0.25, 0.3) is 11.3 Å². The highest BCUT2D eigenvalue weighted by atomic mass is 32.1. The van der Waals surface area contributed by atoms with Crippen molar-refractivity contribution in [3.05, 3.63) is 53.8 Å². The van der Waals surface area contributed by atoms with Crippen LogP contribution in [0.1, 0.15) is 17.5 Å². The van der Waals surface area contributed by atoms with Crippen LogP contribution in [0.15, 0.2) is 52.5 Å². The zero-order valence-corrected chi connectivity index (χ0v) is 13.5. The van der Waals surface area contributed by atoms with E-state index >= 15 is 0 Å². The Bertz CT molecular complexity index is 814. The number of anilines is 1. The van der Waals surface area contributed by atoms with Gasteiger partial charge in [-0.15, -0.1) is 5.10 Å². The Morgan fingerprint density at radius 1 is 1.21 bits per heavy atom. The van der Waals surface area contributed by atoms with Crippen molar-refractivity contribution >= 4 is 29.0 Å². The van der Waals surface area contributed by atoms with Crippen LogP contribution in [0, 0.1) is 0 Å². The molecule has 3 aromatic rings. The lowest BCUT2D eigenvalue weighted by Gasteiger charge is -2.13. The minimum atomic E-state index is -0.704. The van der Waals surface area contributed by atoms with E-state index in [1.54, 1.807) is 25.1 Å². The van der Waals surface area contributed by atoms with E-state index in [0.29, 0.717) is 5.69 Å². The van der Waals surface area contributed by atoms with Crippen LogP contribution >= 0.6 is 11.5 Å². The Morgan fingerprint density at radius 2 is 2.00 bits per heavy atom. The fourth-order valence-corrected chi connectivity index (χ4v) is 2.47. The summed E-state index contributed by atoms with van der Waals surface area (Å²) in [6, 6.07) is 9.67. The smallest absolute Gasteiger partial charge is 0.287 e. The molecule has 122 valence electrons. The Kier molecular flexibility index (Phi) is 4.66. The second kappa shape index (κ2) is 7.05. The van der Waals surface area contributed by atoms with Gasteiger partial charge in [0.25, 0.3) is 5.91 Å². The molecule has 1 atom stereocenters. The van der Waals surface area contributed by atoms with Crippen molar-refractivity contribution in [1.29, 1.82) is 0 Å². The number of carbonyl (C=O) groups is 2. The maximum Gasteiger partial charge on any atom is 0.287 e. The lowest BCUT2D eigenvalue weighted by Crippen LogP contribution is -2.41. The molecule has 8 heteroatoms. The first-order valence-corrected chi connectivity index (χ1v) is 8.00. The highest BCUT2D eigenvalue weighted by Crippen LogP contribution is 2.20. The number of nitrogens with one attached hydrogen (secondary N) is 2. The summed E-state index contributed by atoms with van der Waals surface area (Å²) in [5.74, 6) is -0.595. The van der Waals surface area contributed by atoms with Gasteiger partial charge in [0.2, 0.25) is 5.91 Å². The summed E-state index contributed by atoms with van der Waals surface area (Å²) < 4.78 is 8.80. The molecule has 0 aliphatic heterocycles. The number of benzene rings is 1. The van der Waals surface area contributed by atoms with Gasteiger partial charge in [-0.05, 0) is 42.7 Å². The second-order valence-corrected chi connectivity index (χ2v) is 5.64. The number of hydrogen-bond acceptors (Lipinski definition) is 6. The molecule has 2 amide bonds. The van der Waals surface area contributed by atoms with E-state index in [2.05, 4.69) is 20.2 Å². The van der Waals surface area contributed by atoms with Gasteiger partial charge in [0, 0.05) is 16.6 Å². The minimum Gasteiger partial charge on any atom is -0.459 e. The standard InChI is InChI=1S/C16H14N4O3S/c1-10(17-16(22)14-3-2-8-23-14)15(21)18-12-6-4-11(5-7-12)13-9-24-20-19-13/h2-10H,1H3,(H,17,22)(H,18,21). The van der Waals surface area contributed by atoms with Crippen molar-refractivity contribution in [2.75, 3.05) is 5.32 Å². The number of rotatable bonds is 5. The van der Waals surface area contributed by atoms with Gasteiger partial charge in [-0.2, -0.15) is 0 Å². The van der Waals surface area contributed by atoms with Crippen LogP contribution in [-0.4, -0.2) is 27.4 Å². The Balaban J connectivity index is 1.59. The fraction of sp³-hybridized carbons (Fsp3) is 0.125. The maximum atomic E-state index is 12.2. The molecule has 0 saturated heterocycles. The normalized spacial score (nSPS) is 11.7. The van der Waals surface area contributed by atoms with Crippen molar-refractivity contribution in [2.24, 2.45) is 0 Å². The third-order valence-electron chi connectivity index (χ3n) is 3.29. The van der Waals surface area contributed by atoms with Crippen molar-refractivity contribution in [1.82, 2.24) is 14.9 Å². The lowest BCUT2D eigenvalue weighted by atomic mass is 10.1. The molecule has 2 N–H and O–H groups in total. The average Bonchev–Trinajstić information content (AvgIpc) is 3.29. The Morgan fingerprint density at radius 3 is 2.62 bits per heavy atom. The molecule has 0 radical (unpaired) electrons. The zero-order chi connectivity index (χ0) is 16.9. The molecular weight excluding hydrogens is 328 g/mol. The number of carbonyl (C=O) groups excluding carboxylic acids is 2. The number of furan rings is 1. The van der Waals surface area contributed by atoms with E-state index in [9.17, 15) is 9.59 Å². The Hall–Kier alpha value is -3.00. The second-order valence-electron chi connectivity index (χ2n) is 5.03. The van der Waals surface area contributed by atoms with Crippen LogP contribution in [0.2, 0.25) is 0 Å². The molecule has 2 aromatic heterocycles. The molecule has 7 nitrogen and oxygen atoms in total. The molecule has 24 heavy (non-hydrogen) atoms. The summed E-state index contributed by atoms with van der Waals surface area (Å²) in [7, 11) is 0. The summed E-state index contributed by atoms with van der Waals surface area (Å²) in [5.41, 5.74) is 2.34.